The van der Waals surface area contributed by atoms with Crippen LogP contribution >= 0.6 is 0 Å². The van der Waals surface area contributed by atoms with E-state index in [0.29, 0.717) is 28.4 Å². The maximum atomic E-state index is 13.6. The average molecular weight is 526 g/mol. The molecule has 1 fully saturated rings. The SMILES string of the molecule is O=C(Nc1ccc(Nc2ncnc3c2ncn3C2CCCCO2)cc1)c1cccn(-c2cccc(F)c2)c1=O. The van der Waals surface area contributed by atoms with E-state index in [0.717, 1.165) is 31.6 Å². The fourth-order valence-corrected chi connectivity index (χ4v) is 4.57. The molecule has 6 rings (SSSR count). The highest BCUT2D eigenvalue weighted by Gasteiger charge is 2.20. The van der Waals surface area contributed by atoms with Gasteiger partial charge >= 0.3 is 0 Å². The molecule has 4 heterocycles. The maximum Gasteiger partial charge on any atom is 0.267 e. The Morgan fingerprint density at radius 1 is 1.00 bits per heavy atom. The Labute approximate surface area is 222 Å². The topological polar surface area (TPSA) is 116 Å². The lowest BCUT2D eigenvalue weighted by Gasteiger charge is -2.23. The second-order valence-corrected chi connectivity index (χ2v) is 9.10. The summed E-state index contributed by atoms with van der Waals surface area (Å²) in [6.07, 6.45) is 7.67. The first-order chi connectivity index (χ1) is 19.1. The van der Waals surface area contributed by atoms with Gasteiger partial charge in [0.25, 0.3) is 11.5 Å². The van der Waals surface area contributed by atoms with E-state index in [1.165, 1.54) is 41.4 Å². The Bertz CT molecular complexity index is 1710. The predicted octanol–water partition coefficient (Wildman–Crippen LogP) is 4.81. The monoisotopic (exact) mass is 525 g/mol. The van der Waals surface area contributed by atoms with Gasteiger partial charge in [-0.1, -0.05) is 6.07 Å². The summed E-state index contributed by atoms with van der Waals surface area (Å²) in [6.45, 7) is 0.719. The summed E-state index contributed by atoms with van der Waals surface area (Å²) in [5.74, 6) is -0.495. The van der Waals surface area contributed by atoms with Gasteiger partial charge in [0.2, 0.25) is 0 Å². The van der Waals surface area contributed by atoms with E-state index >= 15 is 0 Å². The van der Waals surface area contributed by atoms with Crippen molar-refractivity contribution < 1.29 is 13.9 Å². The van der Waals surface area contributed by atoms with Gasteiger partial charge in [-0.25, -0.2) is 19.3 Å². The minimum Gasteiger partial charge on any atom is -0.358 e. The van der Waals surface area contributed by atoms with Crippen molar-refractivity contribution in [1.29, 1.82) is 0 Å². The van der Waals surface area contributed by atoms with Crippen molar-refractivity contribution in [2.24, 2.45) is 0 Å². The van der Waals surface area contributed by atoms with Crippen molar-refractivity contribution in [3.05, 3.63) is 101 Å². The van der Waals surface area contributed by atoms with Crippen LogP contribution in [-0.2, 0) is 4.74 Å². The molecule has 0 saturated carbocycles. The van der Waals surface area contributed by atoms with Crippen LogP contribution in [0.5, 0.6) is 0 Å². The Morgan fingerprint density at radius 3 is 2.64 bits per heavy atom. The number of amides is 1. The first-order valence-electron chi connectivity index (χ1n) is 12.5. The Balaban J connectivity index is 1.18. The lowest BCUT2D eigenvalue weighted by atomic mass is 10.2. The Kier molecular flexibility index (Phi) is 6.55. The van der Waals surface area contributed by atoms with Crippen LogP contribution < -0.4 is 16.2 Å². The van der Waals surface area contributed by atoms with E-state index in [4.69, 9.17) is 4.74 Å². The maximum absolute atomic E-state index is 13.6. The second kappa shape index (κ2) is 10.5. The normalized spacial score (nSPS) is 15.3. The van der Waals surface area contributed by atoms with Gasteiger partial charge in [0.15, 0.2) is 17.0 Å². The molecule has 10 nitrogen and oxygen atoms in total. The van der Waals surface area contributed by atoms with Crippen molar-refractivity contribution >= 4 is 34.3 Å². The van der Waals surface area contributed by atoms with E-state index in [-0.39, 0.29) is 11.8 Å². The van der Waals surface area contributed by atoms with Crippen LogP contribution in [0.1, 0.15) is 35.8 Å². The Morgan fingerprint density at radius 2 is 1.85 bits per heavy atom. The highest BCUT2D eigenvalue weighted by Crippen LogP contribution is 2.28. The summed E-state index contributed by atoms with van der Waals surface area (Å²) < 4.78 is 22.7. The van der Waals surface area contributed by atoms with Crippen LogP contribution in [0.25, 0.3) is 16.9 Å². The number of rotatable bonds is 6. The predicted molar refractivity (Wildman–Crippen MR) is 144 cm³/mol. The number of pyridine rings is 1. The molecule has 0 aliphatic carbocycles. The molecule has 196 valence electrons. The number of fused-ring (bicyclic) bond motifs is 1. The zero-order valence-corrected chi connectivity index (χ0v) is 20.8. The summed E-state index contributed by atoms with van der Waals surface area (Å²) in [7, 11) is 0. The van der Waals surface area contributed by atoms with Gasteiger partial charge in [0.1, 0.15) is 23.9 Å². The third kappa shape index (κ3) is 4.99. The zero-order chi connectivity index (χ0) is 26.8. The van der Waals surface area contributed by atoms with Crippen LogP contribution in [0.15, 0.2) is 84.3 Å². The molecule has 1 amide bonds. The largest absolute Gasteiger partial charge is 0.358 e. The third-order valence-corrected chi connectivity index (χ3v) is 6.51. The van der Waals surface area contributed by atoms with Crippen LogP contribution in [0.3, 0.4) is 0 Å². The quantitative estimate of drug-likeness (QED) is 0.327. The van der Waals surface area contributed by atoms with Crippen LogP contribution in [-0.4, -0.2) is 36.6 Å². The molecule has 11 heteroatoms. The molecule has 1 aliphatic rings. The van der Waals surface area contributed by atoms with Crippen molar-refractivity contribution in [1.82, 2.24) is 24.1 Å². The van der Waals surface area contributed by atoms with E-state index in [9.17, 15) is 14.0 Å². The number of benzene rings is 2. The molecular formula is C28H24FN7O3. The molecular weight excluding hydrogens is 501 g/mol. The molecule has 1 saturated heterocycles. The van der Waals surface area contributed by atoms with Gasteiger partial charge in [0.05, 0.1) is 12.0 Å². The van der Waals surface area contributed by atoms with Crippen molar-refractivity contribution in [2.75, 3.05) is 17.2 Å². The van der Waals surface area contributed by atoms with Gasteiger partial charge in [-0.3, -0.25) is 18.7 Å². The number of hydrogen-bond acceptors (Lipinski definition) is 7. The highest BCUT2D eigenvalue weighted by molar-refractivity contribution is 6.04. The number of halogens is 1. The minimum atomic E-state index is -0.570. The minimum absolute atomic E-state index is 0.0649. The fourth-order valence-electron chi connectivity index (χ4n) is 4.57. The number of aromatic nitrogens is 5. The van der Waals surface area contributed by atoms with E-state index in [2.05, 4.69) is 25.6 Å². The molecule has 0 spiro atoms. The van der Waals surface area contributed by atoms with Crippen molar-refractivity contribution in [3.63, 3.8) is 0 Å². The van der Waals surface area contributed by atoms with Gasteiger partial charge in [-0.2, -0.15) is 0 Å². The molecule has 39 heavy (non-hydrogen) atoms. The molecule has 0 bridgehead atoms. The number of ether oxygens (including phenoxy) is 1. The number of carbonyl (C=O) groups excluding carboxylic acids is 1. The number of nitrogens with one attached hydrogen (secondary N) is 2. The molecule has 2 aromatic carbocycles. The van der Waals surface area contributed by atoms with E-state index in [1.807, 2.05) is 4.57 Å². The summed E-state index contributed by atoms with van der Waals surface area (Å²) in [4.78, 5) is 39.1. The van der Waals surface area contributed by atoms with Crippen molar-refractivity contribution in [2.45, 2.75) is 25.5 Å². The molecule has 5 aromatic rings. The number of anilines is 3. The highest BCUT2D eigenvalue weighted by atomic mass is 19.1. The zero-order valence-electron chi connectivity index (χ0n) is 20.8. The molecule has 0 radical (unpaired) electrons. The summed E-state index contributed by atoms with van der Waals surface area (Å²) >= 11 is 0. The van der Waals surface area contributed by atoms with Gasteiger partial charge in [0, 0.05) is 24.2 Å². The Hall–Kier alpha value is -4.90. The van der Waals surface area contributed by atoms with E-state index < -0.39 is 17.3 Å². The molecule has 1 aliphatic heterocycles. The first-order valence-corrected chi connectivity index (χ1v) is 12.5. The summed E-state index contributed by atoms with van der Waals surface area (Å²) in [6, 6.07) is 15.6. The van der Waals surface area contributed by atoms with Crippen LogP contribution in [0, 0.1) is 5.82 Å². The number of hydrogen-bond donors (Lipinski definition) is 2. The third-order valence-electron chi connectivity index (χ3n) is 6.51. The molecule has 1 atom stereocenters. The van der Waals surface area contributed by atoms with Crippen molar-refractivity contribution in [3.8, 4) is 5.69 Å². The summed E-state index contributed by atoms with van der Waals surface area (Å²) in [5.41, 5.74) is 2.26. The fraction of sp³-hybridized carbons (Fsp3) is 0.179. The number of nitrogens with zero attached hydrogens (tertiary/aromatic N) is 5. The molecule has 1 unspecified atom stereocenters. The van der Waals surface area contributed by atoms with Crippen LogP contribution in [0.4, 0.5) is 21.6 Å². The van der Waals surface area contributed by atoms with Gasteiger partial charge in [-0.15, -0.1) is 0 Å². The van der Waals surface area contributed by atoms with Crippen LogP contribution in [0.2, 0.25) is 0 Å². The molecule has 2 N–H and O–H groups in total. The summed E-state index contributed by atoms with van der Waals surface area (Å²) in [5, 5.41) is 5.99. The number of imidazole rings is 1. The lowest BCUT2D eigenvalue weighted by Crippen LogP contribution is -2.27. The van der Waals surface area contributed by atoms with Gasteiger partial charge in [-0.05, 0) is 73.9 Å². The first kappa shape index (κ1) is 24.4. The van der Waals surface area contributed by atoms with E-state index in [1.54, 1.807) is 42.7 Å². The second-order valence-electron chi connectivity index (χ2n) is 9.10. The standard InChI is InChI=1S/C28H24FN7O3/c29-18-5-3-6-21(15-18)35-13-4-7-22(28(35)38)27(37)34-20-11-9-19(10-12-20)33-25-24-26(31-16-30-25)36(17-32-24)23-8-1-2-14-39-23/h3-7,9-13,15-17,23H,1-2,8,14H2,(H,34,37)(H,30,31,33). The number of carbonyl (C=O) groups is 1. The lowest BCUT2D eigenvalue weighted by molar-refractivity contribution is -0.0298. The van der Waals surface area contributed by atoms with Gasteiger partial charge < -0.3 is 15.4 Å². The smallest absolute Gasteiger partial charge is 0.267 e. The molecule has 3 aromatic heterocycles. The average Bonchev–Trinajstić information content (AvgIpc) is 3.40.